The van der Waals surface area contributed by atoms with Crippen molar-refractivity contribution in [2.24, 2.45) is 0 Å². The Kier molecular flexibility index (Phi) is 2.03. The molecule has 0 spiro atoms. The van der Waals surface area contributed by atoms with Crippen LogP contribution in [0.25, 0.3) is 10.1 Å². The van der Waals surface area contributed by atoms with E-state index in [4.69, 9.17) is 11.6 Å². The molecule has 0 bridgehead atoms. The van der Waals surface area contributed by atoms with Crippen molar-refractivity contribution in [1.29, 1.82) is 0 Å². The molecule has 0 aliphatic rings. The summed E-state index contributed by atoms with van der Waals surface area (Å²) in [7, 11) is 0. The van der Waals surface area contributed by atoms with Gasteiger partial charge in [0, 0.05) is 9.58 Å². The van der Waals surface area contributed by atoms with Crippen molar-refractivity contribution < 1.29 is 4.39 Å². The van der Waals surface area contributed by atoms with Crippen LogP contribution in [0.1, 0.15) is 4.88 Å². The minimum Gasteiger partial charge on any atom is -0.207 e. The predicted octanol–water partition coefficient (Wildman–Crippen LogP) is 3.78. The van der Waals surface area contributed by atoms with Crippen LogP contribution in [0.4, 0.5) is 4.39 Å². The molecule has 0 fully saturated rings. The van der Waals surface area contributed by atoms with Crippen molar-refractivity contribution in [3.05, 3.63) is 35.0 Å². The van der Waals surface area contributed by atoms with E-state index < -0.39 is 0 Å². The molecule has 0 saturated carbocycles. The third-order valence-electron chi connectivity index (χ3n) is 1.66. The maximum atomic E-state index is 12.7. The quantitative estimate of drug-likeness (QED) is 0.615. The summed E-state index contributed by atoms with van der Waals surface area (Å²) < 4.78 is 13.8. The molecule has 1 aromatic heterocycles. The lowest BCUT2D eigenvalue weighted by Gasteiger charge is -1.86. The Morgan fingerprint density at radius 2 is 2.17 bits per heavy atom. The van der Waals surface area contributed by atoms with Gasteiger partial charge in [0.05, 0.1) is 5.88 Å². The third kappa shape index (κ3) is 1.32. The summed E-state index contributed by atoms with van der Waals surface area (Å²) in [5.41, 5.74) is 0. The Morgan fingerprint density at radius 1 is 1.33 bits per heavy atom. The van der Waals surface area contributed by atoms with Gasteiger partial charge < -0.3 is 0 Å². The smallest absolute Gasteiger partial charge is 0.123 e. The Hall–Kier alpha value is -0.600. The normalized spacial score (nSPS) is 10.8. The van der Waals surface area contributed by atoms with Crippen LogP contribution in [0.3, 0.4) is 0 Å². The lowest BCUT2D eigenvalue weighted by molar-refractivity contribution is 0.630. The zero-order valence-electron chi connectivity index (χ0n) is 6.18. The van der Waals surface area contributed by atoms with Gasteiger partial charge in [0.2, 0.25) is 0 Å². The van der Waals surface area contributed by atoms with E-state index in [2.05, 4.69) is 0 Å². The van der Waals surface area contributed by atoms with E-state index in [-0.39, 0.29) is 5.82 Å². The Bertz CT molecular complexity index is 408. The van der Waals surface area contributed by atoms with Gasteiger partial charge in [-0.05, 0) is 29.7 Å². The van der Waals surface area contributed by atoms with Crippen LogP contribution in [0.5, 0.6) is 0 Å². The van der Waals surface area contributed by atoms with E-state index in [0.717, 1.165) is 15.0 Å². The molecule has 3 heteroatoms. The maximum absolute atomic E-state index is 12.7. The molecule has 2 rings (SSSR count). The second-order valence-electron chi connectivity index (χ2n) is 2.53. The van der Waals surface area contributed by atoms with Gasteiger partial charge in [-0.15, -0.1) is 22.9 Å². The number of benzene rings is 1. The van der Waals surface area contributed by atoms with E-state index in [1.165, 1.54) is 12.1 Å². The SMILES string of the molecule is Fc1ccc2sc(CCl)cc2c1. The molecule has 0 amide bonds. The first-order valence-corrected chi connectivity index (χ1v) is 4.88. The van der Waals surface area contributed by atoms with Crippen LogP contribution in [0.15, 0.2) is 24.3 Å². The molecule has 12 heavy (non-hydrogen) atoms. The average molecular weight is 201 g/mol. The standard InChI is InChI=1S/C9H6ClFS/c10-5-8-4-6-3-7(11)1-2-9(6)12-8/h1-4H,5H2. The van der Waals surface area contributed by atoms with Crippen LogP contribution < -0.4 is 0 Å². The van der Waals surface area contributed by atoms with Crippen LogP contribution in [-0.4, -0.2) is 0 Å². The predicted molar refractivity (Wildman–Crippen MR) is 51.3 cm³/mol. The summed E-state index contributed by atoms with van der Waals surface area (Å²) in [6.45, 7) is 0. The molecule has 0 atom stereocenters. The molecule has 0 aliphatic carbocycles. The van der Waals surface area contributed by atoms with E-state index in [9.17, 15) is 4.39 Å². The fourth-order valence-electron chi connectivity index (χ4n) is 1.14. The molecule has 0 saturated heterocycles. The summed E-state index contributed by atoms with van der Waals surface area (Å²) in [6.07, 6.45) is 0. The minimum atomic E-state index is -0.193. The second kappa shape index (κ2) is 3.04. The van der Waals surface area contributed by atoms with E-state index >= 15 is 0 Å². The van der Waals surface area contributed by atoms with Gasteiger partial charge in [-0.3, -0.25) is 0 Å². The minimum absolute atomic E-state index is 0.193. The highest BCUT2D eigenvalue weighted by atomic mass is 35.5. The first kappa shape index (κ1) is 8.02. The average Bonchev–Trinajstić information content (AvgIpc) is 2.46. The van der Waals surface area contributed by atoms with Gasteiger partial charge in [-0.1, -0.05) is 0 Å². The van der Waals surface area contributed by atoms with Crippen LogP contribution in [-0.2, 0) is 5.88 Å². The summed E-state index contributed by atoms with van der Waals surface area (Å²) in [5, 5.41) is 0.940. The lowest BCUT2D eigenvalue weighted by Crippen LogP contribution is -1.68. The molecule has 0 radical (unpaired) electrons. The van der Waals surface area contributed by atoms with Crippen LogP contribution in [0.2, 0.25) is 0 Å². The zero-order chi connectivity index (χ0) is 8.55. The number of rotatable bonds is 1. The number of alkyl halides is 1. The van der Waals surface area contributed by atoms with Crippen molar-refractivity contribution in [1.82, 2.24) is 0 Å². The van der Waals surface area contributed by atoms with E-state index in [0.29, 0.717) is 5.88 Å². The molecule has 0 nitrogen and oxygen atoms in total. The van der Waals surface area contributed by atoms with Crippen molar-refractivity contribution >= 4 is 33.0 Å². The van der Waals surface area contributed by atoms with E-state index in [1.807, 2.05) is 6.07 Å². The molecule has 0 unspecified atom stereocenters. The highest BCUT2D eigenvalue weighted by molar-refractivity contribution is 7.19. The van der Waals surface area contributed by atoms with Gasteiger partial charge in [0.1, 0.15) is 5.82 Å². The number of halogens is 2. The summed E-state index contributed by atoms with van der Waals surface area (Å²) in [6, 6.07) is 6.71. The summed E-state index contributed by atoms with van der Waals surface area (Å²) >= 11 is 7.26. The molecule has 2 aromatic rings. The molecule has 0 N–H and O–H groups in total. The first-order valence-electron chi connectivity index (χ1n) is 3.53. The number of fused-ring (bicyclic) bond motifs is 1. The van der Waals surface area contributed by atoms with Crippen molar-refractivity contribution in [3.8, 4) is 0 Å². The molecule has 1 aromatic carbocycles. The zero-order valence-corrected chi connectivity index (χ0v) is 7.75. The first-order chi connectivity index (χ1) is 5.79. The number of hydrogen-bond donors (Lipinski definition) is 0. The molecular formula is C9H6ClFS. The Labute approximate surface area is 78.6 Å². The van der Waals surface area contributed by atoms with Gasteiger partial charge in [0.25, 0.3) is 0 Å². The van der Waals surface area contributed by atoms with Gasteiger partial charge in [-0.25, -0.2) is 4.39 Å². The molecule has 0 aliphatic heterocycles. The monoisotopic (exact) mass is 200 g/mol. The van der Waals surface area contributed by atoms with Crippen molar-refractivity contribution in [3.63, 3.8) is 0 Å². The highest BCUT2D eigenvalue weighted by Crippen LogP contribution is 2.26. The Morgan fingerprint density at radius 3 is 2.92 bits per heavy atom. The second-order valence-corrected chi connectivity index (χ2v) is 3.96. The van der Waals surface area contributed by atoms with Gasteiger partial charge >= 0.3 is 0 Å². The highest BCUT2D eigenvalue weighted by Gasteiger charge is 2.00. The number of thiophene rings is 1. The molecule has 62 valence electrons. The molecular weight excluding hydrogens is 195 g/mol. The van der Waals surface area contributed by atoms with E-state index in [1.54, 1.807) is 17.4 Å². The summed E-state index contributed by atoms with van der Waals surface area (Å²) in [5.74, 6) is 0.308. The van der Waals surface area contributed by atoms with Crippen LogP contribution in [0, 0.1) is 5.82 Å². The van der Waals surface area contributed by atoms with Gasteiger partial charge in [0.15, 0.2) is 0 Å². The topological polar surface area (TPSA) is 0 Å². The third-order valence-corrected chi connectivity index (χ3v) is 3.22. The van der Waals surface area contributed by atoms with Crippen LogP contribution >= 0.6 is 22.9 Å². The number of hydrogen-bond acceptors (Lipinski definition) is 1. The molecule has 1 heterocycles. The largest absolute Gasteiger partial charge is 0.207 e. The lowest BCUT2D eigenvalue weighted by atomic mass is 10.2. The van der Waals surface area contributed by atoms with Crippen molar-refractivity contribution in [2.45, 2.75) is 5.88 Å². The summed E-state index contributed by atoms with van der Waals surface area (Å²) in [4.78, 5) is 1.08. The van der Waals surface area contributed by atoms with Gasteiger partial charge in [-0.2, -0.15) is 0 Å². The maximum Gasteiger partial charge on any atom is 0.123 e. The Balaban J connectivity index is 2.67. The fourth-order valence-corrected chi connectivity index (χ4v) is 2.27. The van der Waals surface area contributed by atoms with Crippen molar-refractivity contribution in [2.75, 3.05) is 0 Å². The fraction of sp³-hybridized carbons (Fsp3) is 0.111.